The smallest absolute Gasteiger partial charge is 0.257 e. The van der Waals surface area contributed by atoms with Gasteiger partial charge in [-0.1, -0.05) is 55.1 Å². The summed E-state index contributed by atoms with van der Waals surface area (Å²) in [4.78, 5) is 16.6. The number of aliphatic hydroxyl groups is 1. The fourth-order valence-corrected chi connectivity index (χ4v) is 5.97. The van der Waals surface area contributed by atoms with Gasteiger partial charge < -0.3 is 25.0 Å². The minimum atomic E-state index is -0.671. The number of carbonyl (C=O) groups is 1. The number of aromatic hydroxyl groups is 1. The molecule has 12 heteroatoms. The minimum Gasteiger partial charge on any atom is -0.508 e. The molecule has 5 aromatic rings. The Balaban J connectivity index is 1.21. The lowest BCUT2D eigenvalue weighted by atomic mass is 9.91. The number of tetrazole rings is 1. The second-order valence-corrected chi connectivity index (χ2v) is 11.3. The molecule has 3 heterocycles. The number of aliphatic hydroxyl groups excluding tert-OH is 1. The lowest BCUT2D eigenvalue weighted by Gasteiger charge is -2.41. The molecule has 3 aromatic carbocycles. The molecular weight excluding hydrogens is 580 g/mol. The number of thioether (sulfide) groups is 1. The Morgan fingerprint density at radius 3 is 2.43 bits per heavy atom. The molecule has 1 amide bonds. The molecule has 6 rings (SSSR count). The molecule has 1 aliphatic heterocycles. The van der Waals surface area contributed by atoms with Gasteiger partial charge >= 0.3 is 0 Å². The van der Waals surface area contributed by atoms with E-state index in [0.29, 0.717) is 22.2 Å². The van der Waals surface area contributed by atoms with Gasteiger partial charge in [0.25, 0.3) is 5.91 Å². The van der Waals surface area contributed by atoms with Gasteiger partial charge in [0.1, 0.15) is 5.75 Å². The highest BCUT2D eigenvalue weighted by molar-refractivity contribution is 7.99. The lowest BCUT2D eigenvalue weighted by Crippen LogP contribution is -2.38. The quantitative estimate of drug-likeness (QED) is 0.193. The summed E-state index contributed by atoms with van der Waals surface area (Å²) < 4.78 is 14.7. The second-order valence-electron chi connectivity index (χ2n) is 10.3. The van der Waals surface area contributed by atoms with Crippen LogP contribution in [0.25, 0.3) is 5.69 Å². The Bertz CT molecular complexity index is 1680. The van der Waals surface area contributed by atoms with E-state index in [2.05, 4.69) is 32.7 Å². The normalized spacial score (nSPS) is 19.9. The van der Waals surface area contributed by atoms with Crippen LogP contribution in [0.3, 0.4) is 0 Å². The van der Waals surface area contributed by atoms with Crippen LogP contribution in [0.2, 0.25) is 0 Å². The van der Waals surface area contributed by atoms with Crippen molar-refractivity contribution in [3.8, 4) is 11.4 Å². The highest BCUT2D eigenvalue weighted by Gasteiger charge is 2.38. The Morgan fingerprint density at radius 1 is 0.977 bits per heavy atom. The van der Waals surface area contributed by atoms with Gasteiger partial charge in [0.15, 0.2) is 6.29 Å². The average Bonchev–Trinajstić information content (AvgIpc) is 3.54. The molecule has 1 aliphatic rings. The summed E-state index contributed by atoms with van der Waals surface area (Å²) in [7, 11) is 0. The zero-order valence-corrected chi connectivity index (χ0v) is 24.5. The van der Waals surface area contributed by atoms with Crippen LogP contribution in [-0.4, -0.2) is 53.2 Å². The van der Waals surface area contributed by atoms with Crippen molar-refractivity contribution in [2.45, 2.75) is 37.2 Å². The van der Waals surface area contributed by atoms with Crippen LogP contribution >= 0.6 is 11.8 Å². The Morgan fingerprint density at radius 2 is 1.73 bits per heavy atom. The molecule has 44 heavy (non-hydrogen) atoms. The van der Waals surface area contributed by atoms with Crippen LogP contribution in [0.15, 0.2) is 102 Å². The molecule has 0 aliphatic carbocycles. The largest absolute Gasteiger partial charge is 0.508 e. The van der Waals surface area contributed by atoms with Gasteiger partial charge in [-0.2, -0.15) is 4.68 Å². The van der Waals surface area contributed by atoms with Gasteiger partial charge in [0, 0.05) is 35.3 Å². The molecule has 0 saturated carbocycles. The first kappa shape index (κ1) is 29.5. The molecule has 4 atom stereocenters. The van der Waals surface area contributed by atoms with E-state index in [4.69, 9.17) is 9.47 Å². The summed E-state index contributed by atoms with van der Waals surface area (Å²) >= 11 is 1.47. The number of phenols is 1. The number of carbonyl (C=O) groups excluding carboxylic acids is 1. The molecular formula is C32H30N6O5S. The van der Waals surface area contributed by atoms with E-state index in [1.165, 1.54) is 18.0 Å². The standard InChI is InChI=1S/C32H30N6O5S/c1-20-28(19-44-32-35-36-37-38(32)26-12-14-27(40)15-13-26)42-31(43-29(20)22-6-4-21(18-39)5-7-22)23-8-10-25(11-9-23)34-30(41)24-3-2-16-33-17-24/h2-17,20,28-29,31,39-40H,18-19H2,1H3,(H,34,41)/t20-,28+,29+,31+/m0/s1. The van der Waals surface area contributed by atoms with E-state index in [9.17, 15) is 15.0 Å². The van der Waals surface area contributed by atoms with Crippen LogP contribution in [0.1, 0.15) is 46.4 Å². The number of hydrogen-bond donors (Lipinski definition) is 3. The topological polar surface area (TPSA) is 145 Å². The van der Waals surface area contributed by atoms with Crippen molar-refractivity contribution >= 4 is 23.4 Å². The fraction of sp³-hybridized carbons (Fsp3) is 0.219. The van der Waals surface area contributed by atoms with Crippen molar-refractivity contribution in [2.75, 3.05) is 11.1 Å². The number of anilines is 1. The summed E-state index contributed by atoms with van der Waals surface area (Å²) in [5.74, 6) is 0.426. The van der Waals surface area contributed by atoms with Crippen LogP contribution in [0.4, 0.5) is 5.69 Å². The number of aromatic nitrogens is 5. The first-order valence-electron chi connectivity index (χ1n) is 14.0. The van der Waals surface area contributed by atoms with E-state index in [-0.39, 0.29) is 36.4 Å². The van der Waals surface area contributed by atoms with Crippen molar-refractivity contribution in [1.82, 2.24) is 25.2 Å². The molecule has 1 saturated heterocycles. The Kier molecular flexibility index (Phi) is 8.94. The number of ether oxygens (including phenoxy) is 2. The molecule has 1 fully saturated rings. The van der Waals surface area contributed by atoms with Crippen molar-refractivity contribution in [3.63, 3.8) is 0 Å². The summed E-state index contributed by atoms with van der Waals surface area (Å²) in [6, 6.07) is 25.2. The summed E-state index contributed by atoms with van der Waals surface area (Å²) in [5.41, 5.74) is 4.44. The Labute approximate surface area is 257 Å². The summed E-state index contributed by atoms with van der Waals surface area (Å²) in [6.07, 6.45) is 1.94. The third-order valence-corrected chi connectivity index (χ3v) is 8.41. The van der Waals surface area contributed by atoms with Gasteiger partial charge in [0.05, 0.1) is 30.1 Å². The Hall–Kier alpha value is -4.62. The maximum absolute atomic E-state index is 12.6. The number of pyridine rings is 1. The molecule has 3 N–H and O–H groups in total. The van der Waals surface area contributed by atoms with E-state index in [1.807, 2.05) is 48.5 Å². The zero-order valence-electron chi connectivity index (χ0n) is 23.7. The molecule has 2 aromatic heterocycles. The van der Waals surface area contributed by atoms with Gasteiger partial charge in [-0.25, -0.2) is 0 Å². The molecule has 0 bridgehead atoms. The van der Waals surface area contributed by atoms with Crippen LogP contribution in [0, 0.1) is 5.92 Å². The predicted molar refractivity (Wildman–Crippen MR) is 163 cm³/mol. The SMILES string of the molecule is C[C@H]1[C@@H](CSc2nnnn2-c2ccc(O)cc2)O[C@@H](c2ccc(NC(=O)c3cccnc3)cc2)O[C@H]1c1ccc(CO)cc1. The second kappa shape index (κ2) is 13.3. The van der Waals surface area contributed by atoms with E-state index in [1.54, 1.807) is 47.3 Å². The molecule has 224 valence electrons. The van der Waals surface area contributed by atoms with Crippen LogP contribution in [-0.2, 0) is 16.1 Å². The lowest BCUT2D eigenvalue weighted by molar-refractivity contribution is -0.268. The molecule has 11 nitrogen and oxygen atoms in total. The molecule has 0 spiro atoms. The number of phenolic OH excluding ortho intramolecular Hbond substituents is 1. The van der Waals surface area contributed by atoms with Crippen LogP contribution < -0.4 is 5.32 Å². The maximum Gasteiger partial charge on any atom is 0.257 e. The number of benzene rings is 3. The third kappa shape index (κ3) is 6.63. The molecule has 0 radical (unpaired) electrons. The monoisotopic (exact) mass is 610 g/mol. The average molecular weight is 611 g/mol. The summed E-state index contributed by atoms with van der Waals surface area (Å²) in [6.45, 7) is 2.05. The van der Waals surface area contributed by atoms with Crippen molar-refractivity contribution in [3.05, 3.63) is 120 Å². The highest BCUT2D eigenvalue weighted by Crippen LogP contribution is 2.43. The molecule has 0 unspecified atom stereocenters. The summed E-state index contributed by atoms with van der Waals surface area (Å²) in [5, 5.41) is 34.9. The highest BCUT2D eigenvalue weighted by atomic mass is 32.2. The van der Waals surface area contributed by atoms with E-state index in [0.717, 1.165) is 22.4 Å². The van der Waals surface area contributed by atoms with Crippen molar-refractivity contribution in [2.24, 2.45) is 5.92 Å². The first-order chi connectivity index (χ1) is 21.5. The van der Waals surface area contributed by atoms with Gasteiger partial charge in [-0.15, -0.1) is 5.10 Å². The van der Waals surface area contributed by atoms with Gasteiger partial charge in [0.2, 0.25) is 5.16 Å². The number of amides is 1. The predicted octanol–water partition coefficient (Wildman–Crippen LogP) is 5.09. The number of nitrogens with zero attached hydrogens (tertiary/aromatic N) is 5. The van der Waals surface area contributed by atoms with Gasteiger partial charge in [-0.3, -0.25) is 9.78 Å². The number of rotatable bonds is 9. The number of nitrogens with one attached hydrogen (secondary N) is 1. The van der Waals surface area contributed by atoms with Gasteiger partial charge in [-0.05, 0) is 70.1 Å². The minimum absolute atomic E-state index is 0.0326. The van der Waals surface area contributed by atoms with Crippen LogP contribution in [0.5, 0.6) is 5.75 Å². The third-order valence-electron chi connectivity index (χ3n) is 7.40. The van der Waals surface area contributed by atoms with Crippen molar-refractivity contribution in [1.29, 1.82) is 0 Å². The first-order valence-corrected chi connectivity index (χ1v) is 15.0. The van der Waals surface area contributed by atoms with E-state index >= 15 is 0 Å². The van der Waals surface area contributed by atoms with Crippen molar-refractivity contribution < 1.29 is 24.5 Å². The van der Waals surface area contributed by atoms with E-state index < -0.39 is 6.29 Å². The maximum atomic E-state index is 12.6. The fourth-order valence-electron chi connectivity index (χ4n) is 4.92. The zero-order chi connectivity index (χ0) is 30.5. The number of hydrogen-bond acceptors (Lipinski definition) is 10.